The van der Waals surface area contributed by atoms with Gasteiger partial charge in [0.1, 0.15) is 0 Å². The molecule has 0 aromatic carbocycles. The highest BCUT2D eigenvalue weighted by Gasteiger charge is 1.89. The van der Waals surface area contributed by atoms with Crippen molar-refractivity contribution in [1.82, 2.24) is 0 Å². The third kappa shape index (κ3) is 215. The van der Waals surface area contributed by atoms with Crippen LogP contribution in [0.3, 0.4) is 0 Å². The van der Waals surface area contributed by atoms with Crippen LogP contribution in [0.2, 0.25) is 0 Å². The van der Waals surface area contributed by atoms with Gasteiger partial charge in [0.2, 0.25) is 0 Å². The summed E-state index contributed by atoms with van der Waals surface area (Å²) in [5.41, 5.74) is 0. The second kappa shape index (κ2) is 187. The molecule has 0 heterocycles. The zero-order valence-corrected chi connectivity index (χ0v) is 9.05. The molecular formula is C25H84S2. The lowest BCUT2D eigenvalue weighted by Gasteiger charge is -1.98. The van der Waals surface area contributed by atoms with Crippen LogP contribution in [-0.2, 0) is 0 Å². The lowest BCUT2D eigenvalue weighted by Crippen LogP contribution is -1.81. The van der Waals surface area contributed by atoms with Gasteiger partial charge in [-0.1, -0.05) is 151 Å². The smallest absolute Gasteiger partial charge is 0.00979 e. The van der Waals surface area contributed by atoms with E-state index in [-0.39, 0.29) is 119 Å². The van der Waals surface area contributed by atoms with Crippen LogP contribution in [0, 0.1) is 0 Å². The van der Waals surface area contributed by atoms with Crippen molar-refractivity contribution >= 4 is 25.3 Å². The van der Waals surface area contributed by atoms with Crippen LogP contribution in [0.15, 0.2) is 0 Å². The predicted molar refractivity (Wildman–Crippen MR) is 168 cm³/mol. The Kier molecular flexibility index (Phi) is 1200. The number of hydrogen-bond donors (Lipinski definition) is 2. The van der Waals surface area contributed by atoms with Gasteiger partial charge in [0.05, 0.1) is 0 Å². The standard InChI is InChI=1S/C9H20S2.16CH4/c10-8-6-4-2-1-3-5-7-9-11;;;;;;;;;;;;;;;;/h10-11H,1-9H2;16*1H4. The molecule has 0 bridgehead atoms. The summed E-state index contributed by atoms with van der Waals surface area (Å²) >= 11 is 8.34. The monoisotopic (exact) mass is 449 g/mol. The van der Waals surface area contributed by atoms with Gasteiger partial charge in [-0.2, -0.15) is 25.3 Å². The fourth-order valence-electron chi connectivity index (χ4n) is 1.11. The van der Waals surface area contributed by atoms with Crippen molar-refractivity contribution < 1.29 is 0 Å². The molecule has 27 heavy (non-hydrogen) atoms. The first-order chi connectivity index (χ1) is 5.41. The summed E-state index contributed by atoms with van der Waals surface area (Å²) in [6.07, 6.45) is 9.50. The molecule has 0 radical (unpaired) electrons. The maximum Gasteiger partial charge on any atom is -0.00979 e. The number of unbranched alkanes of at least 4 members (excludes halogenated alkanes) is 6. The minimum Gasteiger partial charge on any atom is -0.179 e. The van der Waals surface area contributed by atoms with E-state index in [4.69, 9.17) is 0 Å². The van der Waals surface area contributed by atoms with Gasteiger partial charge in [0, 0.05) is 0 Å². The van der Waals surface area contributed by atoms with Crippen molar-refractivity contribution in [3.05, 3.63) is 0 Å². The molecule has 0 fully saturated rings. The molecule has 0 aliphatic rings. The highest BCUT2D eigenvalue weighted by Crippen LogP contribution is 2.07. The number of thiol groups is 2. The topological polar surface area (TPSA) is 0 Å². The molecular weight excluding hydrogens is 364 g/mol. The average molecular weight is 449 g/mol. The highest BCUT2D eigenvalue weighted by molar-refractivity contribution is 7.80. The van der Waals surface area contributed by atoms with Crippen molar-refractivity contribution in [3.8, 4) is 0 Å². The van der Waals surface area contributed by atoms with Gasteiger partial charge in [-0.3, -0.25) is 0 Å². The van der Waals surface area contributed by atoms with E-state index in [1.54, 1.807) is 0 Å². The van der Waals surface area contributed by atoms with Crippen LogP contribution in [0.4, 0.5) is 0 Å². The zero-order valence-electron chi connectivity index (χ0n) is 7.26. The molecule has 0 aromatic rings. The lowest BCUT2D eigenvalue weighted by molar-refractivity contribution is 0.606. The molecule has 0 aliphatic heterocycles. The fraction of sp³-hybridized carbons (Fsp3) is 1.00. The molecule has 0 aliphatic carbocycles. The first-order valence-electron chi connectivity index (χ1n) is 4.63. The summed E-state index contributed by atoms with van der Waals surface area (Å²) in [4.78, 5) is 0. The molecule has 0 unspecified atom stereocenters. The maximum atomic E-state index is 4.17. The Hall–Kier alpha value is 0.700. The molecule has 0 nitrogen and oxygen atoms in total. The summed E-state index contributed by atoms with van der Waals surface area (Å²) in [5, 5.41) is 0. The summed E-state index contributed by atoms with van der Waals surface area (Å²) in [7, 11) is 0. The van der Waals surface area contributed by atoms with Gasteiger partial charge in [0.25, 0.3) is 0 Å². The summed E-state index contributed by atoms with van der Waals surface area (Å²) in [6.45, 7) is 0. The first-order valence-corrected chi connectivity index (χ1v) is 5.90. The van der Waals surface area contributed by atoms with Gasteiger partial charge >= 0.3 is 0 Å². The van der Waals surface area contributed by atoms with Crippen molar-refractivity contribution in [3.63, 3.8) is 0 Å². The summed E-state index contributed by atoms with van der Waals surface area (Å²) in [6, 6.07) is 0. The minimum absolute atomic E-state index is 0. The van der Waals surface area contributed by atoms with Gasteiger partial charge in [-0.15, -0.1) is 0 Å². The van der Waals surface area contributed by atoms with Crippen LogP contribution in [0.5, 0.6) is 0 Å². The molecule has 0 N–H and O–H groups in total. The largest absolute Gasteiger partial charge is 0.179 e. The Bertz CT molecular complexity index is 59.3. The first kappa shape index (κ1) is 172. The Morgan fingerprint density at radius 3 is 0.444 bits per heavy atom. The van der Waals surface area contributed by atoms with Crippen LogP contribution >= 0.6 is 25.3 Å². The second-order valence-electron chi connectivity index (χ2n) is 2.92. The Morgan fingerprint density at radius 2 is 0.333 bits per heavy atom. The molecule has 0 saturated carbocycles. The normalized spacial score (nSPS) is 4.22. The van der Waals surface area contributed by atoms with Crippen molar-refractivity contribution in [2.45, 2.75) is 164 Å². The predicted octanol–water partition coefficient (Wildman–Crippen LogP) is 13.8. The van der Waals surface area contributed by atoms with E-state index < -0.39 is 0 Å². The quantitative estimate of drug-likeness (QED) is 0.267. The zero-order chi connectivity index (χ0) is 8.36. The molecule has 0 rings (SSSR count). The van der Waals surface area contributed by atoms with Crippen LogP contribution in [-0.4, -0.2) is 11.5 Å². The molecule has 0 atom stereocenters. The second-order valence-corrected chi connectivity index (χ2v) is 3.82. The van der Waals surface area contributed by atoms with E-state index in [9.17, 15) is 0 Å². The average Bonchev–Trinajstić information content (AvgIpc) is 2.03. The Morgan fingerprint density at radius 1 is 0.222 bits per heavy atom. The SMILES string of the molecule is C.C.C.C.C.C.C.C.C.C.C.C.C.C.C.C.SCCCCCCCCCS. The van der Waals surface area contributed by atoms with Crippen molar-refractivity contribution in [1.29, 1.82) is 0 Å². The van der Waals surface area contributed by atoms with Gasteiger partial charge in [-0.05, 0) is 24.3 Å². The van der Waals surface area contributed by atoms with E-state index in [2.05, 4.69) is 25.3 Å². The van der Waals surface area contributed by atoms with Crippen molar-refractivity contribution in [2.75, 3.05) is 11.5 Å². The van der Waals surface area contributed by atoms with Crippen molar-refractivity contribution in [2.24, 2.45) is 0 Å². The van der Waals surface area contributed by atoms with Gasteiger partial charge in [-0.25, -0.2) is 0 Å². The molecule has 196 valence electrons. The van der Waals surface area contributed by atoms with E-state index in [1.165, 1.54) is 44.9 Å². The van der Waals surface area contributed by atoms with E-state index >= 15 is 0 Å². The van der Waals surface area contributed by atoms with E-state index in [1.807, 2.05) is 0 Å². The van der Waals surface area contributed by atoms with E-state index in [0.29, 0.717) is 0 Å². The minimum atomic E-state index is 0. The van der Waals surface area contributed by atoms with Crippen LogP contribution < -0.4 is 0 Å². The van der Waals surface area contributed by atoms with Gasteiger partial charge < -0.3 is 0 Å². The number of hydrogen-bond acceptors (Lipinski definition) is 2. The molecule has 0 aromatic heterocycles. The summed E-state index contributed by atoms with van der Waals surface area (Å²) in [5.74, 6) is 2.10. The summed E-state index contributed by atoms with van der Waals surface area (Å²) < 4.78 is 0. The molecule has 0 amide bonds. The third-order valence-corrected chi connectivity index (χ3v) is 2.45. The maximum absolute atomic E-state index is 4.17. The third-order valence-electron chi connectivity index (χ3n) is 1.82. The highest BCUT2D eigenvalue weighted by atomic mass is 32.1. The van der Waals surface area contributed by atoms with Gasteiger partial charge in [0.15, 0.2) is 0 Å². The Balaban J connectivity index is -0.00000000417. The van der Waals surface area contributed by atoms with Crippen LogP contribution in [0.1, 0.15) is 164 Å². The molecule has 0 saturated heterocycles. The fourth-order valence-corrected chi connectivity index (χ4v) is 1.55. The molecule has 0 spiro atoms. The lowest BCUT2D eigenvalue weighted by atomic mass is 10.1. The van der Waals surface area contributed by atoms with Crippen LogP contribution in [0.25, 0.3) is 0 Å². The van der Waals surface area contributed by atoms with E-state index in [0.717, 1.165) is 11.5 Å². The Labute approximate surface area is 200 Å². The molecule has 2 heteroatoms. The number of rotatable bonds is 8.